The molecule has 1 N–H and O–H groups in total. The van der Waals surface area contributed by atoms with Crippen molar-refractivity contribution in [1.29, 1.82) is 0 Å². The minimum atomic E-state index is 0.714. The quantitative estimate of drug-likeness (QED) is 0.569. The third kappa shape index (κ3) is 7.97. The summed E-state index contributed by atoms with van der Waals surface area (Å²) in [5.74, 6) is 1.88. The highest BCUT2D eigenvalue weighted by Crippen LogP contribution is 2.27. The predicted octanol–water partition coefficient (Wildman–Crippen LogP) is 5.54. The molecule has 1 nitrogen and oxygen atoms in total. The Morgan fingerprint density at radius 2 is 1.79 bits per heavy atom. The average molecular weight is 268 g/mol. The molecule has 0 aliphatic heterocycles. The minimum absolute atomic E-state index is 0.714. The van der Waals surface area contributed by atoms with Crippen LogP contribution in [-0.2, 0) is 0 Å². The molecule has 0 radical (unpaired) electrons. The summed E-state index contributed by atoms with van der Waals surface area (Å²) >= 11 is 0. The minimum Gasteiger partial charge on any atom is -0.312 e. The normalized spacial score (nSPS) is 26.4. The Morgan fingerprint density at radius 1 is 1.00 bits per heavy atom. The van der Waals surface area contributed by atoms with E-state index in [1.54, 1.807) is 0 Å². The third-order valence-electron chi connectivity index (χ3n) is 4.72. The molecule has 0 heterocycles. The summed E-state index contributed by atoms with van der Waals surface area (Å²) in [6.45, 7) is 9.38. The van der Waals surface area contributed by atoms with Gasteiger partial charge in [0.2, 0.25) is 0 Å². The second-order valence-corrected chi connectivity index (χ2v) is 7.25. The van der Waals surface area contributed by atoms with Crippen molar-refractivity contribution in [3.05, 3.63) is 0 Å². The summed E-state index contributed by atoms with van der Waals surface area (Å²) in [6, 6.07) is 1.52. The van der Waals surface area contributed by atoms with E-state index in [1.807, 2.05) is 0 Å². The molecule has 114 valence electrons. The van der Waals surface area contributed by atoms with Crippen LogP contribution in [0.5, 0.6) is 0 Å². The molecule has 1 rings (SSSR count). The van der Waals surface area contributed by atoms with E-state index in [1.165, 1.54) is 64.2 Å². The Hall–Kier alpha value is -0.0400. The van der Waals surface area contributed by atoms with Gasteiger partial charge in [0, 0.05) is 12.1 Å². The summed E-state index contributed by atoms with van der Waals surface area (Å²) in [4.78, 5) is 0. The fourth-order valence-electron chi connectivity index (χ4n) is 3.56. The Labute approximate surface area is 121 Å². The zero-order valence-electron chi connectivity index (χ0n) is 13.9. The molecule has 0 saturated heterocycles. The van der Waals surface area contributed by atoms with Crippen molar-refractivity contribution in [2.45, 2.75) is 104 Å². The van der Waals surface area contributed by atoms with Gasteiger partial charge in [-0.3, -0.25) is 0 Å². The molecular weight excluding hydrogens is 230 g/mol. The van der Waals surface area contributed by atoms with Crippen molar-refractivity contribution in [2.75, 3.05) is 0 Å². The van der Waals surface area contributed by atoms with Gasteiger partial charge in [-0.05, 0) is 44.4 Å². The molecule has 0 aromatic carbocycles. The number of rotatable bonds is 8. The molecule has 0 spiro atoms. The standard InChI is InChI=1S/C18H37N/c1-5-8-17-11-7-12-18(14-13-17)19-16(4)10-6-9-15(2)3/h15-19H,5-14H2,1-4H3. The van der Waals surface area contributed by atoms with Crippen LogP contribution in [0.25, 0.3) is 0 Å². The maximum absolute atomic E-state index is 3.90. The lowest BCUT2D eigenvalue weighted by Crippen LogP contribution is -2.36. The first-order chi connectivity index (χ1) is 9.11. The number of nitrogens with one attached hydrogen (secondary N) is 1. The maximum Gasteiger partial charge on any atom is 0.00696 e. The summed E-state index contributed by atoms with van der Waals surface area (Å²) in [6.07, 6.45) is 14.2. The molecule has 1 fully saturated rings. The molecule has 1 aliphatic rings. The highest BCUT2D eigenvalue weighted by Gasteiger charge is 2.19. The van der Waals surface area contributed by atoms with Gasteiger partial charge in [0.25, 0.3) is 0 Å². The summed E-state index contributed by atoms with van der Waals surface area (Å²) in [7, 11) is 0. The fourth-order valence-corrected chi connectivity index (χ4v) is 3.56. The smallest absolute Gasteiger partial charge is 0.00696 e. The summed E-state index contributed by atoms with van der Waals surface area (Å²) < 4.78 is 0. The highest BCUT2D eigenvalue weighted by atomic mass is 14.9. The van der Waals surface area contributed by atoms with Gasteiger partial charge in [0.1, 0.15) is 0 Å². The SMILES string of the molecule is CCCC1CCCC(NC(C)CCCC(C)C)CC1. The fraction of sp³-hybridized carbons (Fsp3) is 1.00. The van der Waals surface area contributed by atoms with E-state index in [0.717, 1.165) is 17.9 Å². The van der Waals surface area contributed by atoms with Crippen molar-refractivity contribution < 1.29 is 0 Å². The van der Waals surface area contributed by atoms with Gasteiger partial charge in [-0.25, -0.2) is 0 Å². The zero-order chi connectivity index (χ0) is 14.1. The van der Waals surface area contributed by atoms with E-state index in [0.29, 0.717) is 6.04 Å². The molecule has 0 aromatic rings. The monoisotopic (exact) mass is 267 g/mol. The molecule has 19 heavy (non-hydrogen) atoms. The lowest BCUT2D eigenvalue weighted by atomic mass is 9.95. The number of hydrogen-bond acceptors (Lipinski definition) is 1. The topological polar surface area (TPSA) is 12.0 Å². The van der Waals surface area contributed by atoms with E-state index in [2.05, 4.69) is 33.0 Å². The largest absolute Gasteiger partial charge is 0.312 e. The van der Waals surface area contributed by atoms with Crippen LogP contribution in [0.1, 0.15) is 91.9 Å². The van der Waals surface area contributed by atoms with E-state index in [9.17, 15) is 0 Å². The Kier molecular flexibility index (Phi) is 8.77. The van der Waals surface area contributed by atoms with Crippen LogP contribution in [0.2, 0.25) is 0 Å². The van der Waals surface area contributed by atoms with E-state index in [-0.39, 0.29) is 0 Å². The van der Waals surface area contributed by atoms with Gasteiger partial charge in [-0.1, -0.05) is 59.3 Å². The van der Waals surface area contributed by atoms with Crippen LogP contribution in [0.4, 0.5) is 0 Å². The number of hydrogen-bond donors (Lipinski definition) is 1. The Morgan fingerprint density at radius 3 is 2.47 bits per heavy atom. The molecule has 1 aliphatic carbocycles. The third-order valence-corrected chi connectivity index (χ3v) is 4.72. The molecule has 3 atom stereocenters. The molecule has 0 amide bonds. The molecule has 0 bridgehead atoms. The van der Waals surface area contributed by atoms with Crippen molar-refractivity contribution in [3.63, 3.8) is 0 Å². The molecule has 1 heteroatoms. The molecular formula is C18H37N. The second kappa shape index (κ2) is 9.80. The van der Waals surface area contributed by atoms with Crippen molar-refractivity contribution in [3.8, 4) is 0 Å². The van der Waals surface area contributed by atoms with Crippen LogP contribution in [0, 0.1) is 11.8 Å². The van der Waals surface area contributed by atoms with Crippen molar-refractivity contribution >= 4 is 0 Å². The van der Waals surface area contributed by atoms with Gasteiger partial charge >= 0.3 is 0 Å². The predicted molar refractivity (Wildman–Crippen MR) is 86.6 cm³/mol. The Bertz CT molecular complexity index is 212. The molecule has 3 unspecified atom stereocenters. The van der Waals surface area contributed by atoms with Gasteiger partial charge in [-0.15, -0.1) is 0 Å². The van der Waals surface area contributed by atoms with Crippen LogP contribution < -0.4 is 5.32 Å². The first-order valence-electron chi connectivity index (χ1n) is 8.87. The lowest BCUT2D eigenvalue weighted by molar-refractivity contribution is 0.370. The van der Waals surface area contributed by atoms with Gasteiger partial charge in [0.05, 0.1) is 0 Å². The molecule has 0 aromatic heterocycles. The van der Waals surface area contributed by atoms with Crippen molar-refractivity contribution in [2.24, 2.45) is 11.8 Å². The first kappa shape index (κ1) is 17.0. The second-order valence-electron chi connectivity index (χ2n) is 7.25. The summed E-state index contributed by atoms with van der Waals surface area (Å²) in [5.41, 5.74) is 0. The van der Waals surface area contributed by atoms with Crippen LogP contribution in [-0.4, -0.2) is 12.1 Å². The van der Waals surface area contributed by atoms with Gasteiger partial charge in [0.15, 0.2) is 0 Å². The maximum atomic E-state index is 3.90. The van der Waals surface area contributed by atoms with Gasteiger partial charge < -0.3 is 5.32 Å². The lowest BCUT2D eigenvalue weighted by Gasteiger charge is -2.22. The van der Waals surface area contributed by atoms with Crippen LogP contribution >= 0.6 is 0 Å². The Balaban J connectivity index is 2.17. The van der Waals surface area contributed by atoms with E-state index in [4.69, 9.17) is 0 Å². The van der Waals surface area contributed by atoms with Crippen LogP contribution in [0.3, 0.4) is 0 Å². The summed E-state index contributed by atoms with van der Waals surface area (Å²) in [5, 5.41) is 3.90. The van der Waals surface area contributed by atoms with E-state index < -0.39 is 0 Å². The van der Waals surface area contributed by atoms with Gasteiger partial charge in [-0.2, -0.15) is 0 Å². The van der Waals surface area contributed by atoms with Crippen LogP contribution in [0.15, 0.2) is 0 Å². The first-order valence-corrected chi connectivity index (χ1v) is 8.87. The molecule has 1 saturated carbocycles. The van der Waals surface area contributed by atoms with E-state index >= 15 is 0 Å². The van der Waals surface area contributed by atoms with Crippen molar-refractivity contribution in [1.82, 2.24) is 5.32 Å². The average Bonchev–Trinajstić information content (AvgIpc) is 2.55. The zero-order valence-corrected chi connectivity index (χ0v) is 13.9. The highest BCUT2D eigenvalue weighted by molar-refractivity contribution is 4.77.